The van der Waals surface area contributed by atoms with Crippen LogP contribution in [0.5, 0.6) is 0 Å². The molecule has 114 valence electrons. The van der Waals surface area contributed by atoms with Crippen molar-refractivity contribution in [2.75, 3.05) is 11.1 Å². The first-order chi connectivity index (χ1) is 9.70. The molecule has 0 aliphatic rings. The van der Waals surface area contributed by atoms with E-state index in [1.54, 1.807) is 4.68 Å². The first kappa shape index (κ1) is 15.2. The van der Waals surface area contributed by atoms with Crippen molar-refractivity contribution in [1.82, 2.24) is 9.78 Å². The fraction of sp³-hybridized carbons (Fsp3) is 0.357. The van der Waals surface area contributed by atoms with Gasteiger partial charge in [0.15, 0.2) is 0 Å². The molecule has 0 atom stereocenters. The van der Waals surface area contributed by atoms with Gasteiger partial charge in [0, 0.05) is 36.2 Å². The predicted octanol–water partition coefficient (Wildman–Crippen LogP) is 3.25. The molecule has 0 saturated carbocycles. The lowest BCUT2D eigenvalue weighted by Gasteiger charge is -2.13. The highest BCUT2D eigenvalue weighted by Crippen LogP contribution is 2.35. The highest BCUT2D eigenvalue weighted by Gasteiger charge is 2.33. The van der Waals surface area contributed by atoms with Crippen molar-refractivity contribution in [2.24, 2.45) is 7.05 Å². The summed E-state index contributed by atoms with van der Waals surface area (Å²) < 4.78 is 40.2. The van der Waals surface area contributed by atoms with Gasteiger partial charge in [0.25, 0.3) is 0 Å². The number of anilines is 2. The van der Waals surface area contributed by atoms with Crippen LogP contribution in [0.2, 0.25) is 0 Å². The number of rotatable bonds is 3. The minimum atomic E-state index is -4.46. The van der Waals surface area contributed by atoms with Gasteiger partial charge < -0.3 is 11.1 Å². The number of nitrogens with two attached hydrogens (primary N) is 1. The van der Waals surface area contributed by atoms with Gasteiger partial charge >= 0.3 is 6.18 Å². The second-order valence-electron chi connectivity index (χ2n) is 4.93. The number of nitrogens with one attached hydrogen (secondary N) is 1. The molecule has 2 aromatic rings. The van der Waals surface area contributed by atoms with Gasteiger partial charge in [0.05, 0.1) is 11.3 Å². The maximum Gasteiger partial charge on any atom is 0.418 e. The van der Waals surface area contributed by atoms with Crippen molar-refractivity contribution in [3.63, 3.8) is 0 Å². The quantitative estimate of drug-likeness (QED) is 0.855. The third-order valence-electron chi connectivity index (χ3n) is 3.49. The number of hydrogen-bond acceptors (Lipinski definition) is 3. The Labute approximate surface area is 120 Å². The maximum atomic E-state index is 12.8. The Hall–Kier alpha value is -2.18. The van der Waals surface area contributed by atoms with Gasteiger partial charge in [0.2, 0.25) is 0 Å². The van der Waals surface area contributed by atoms with Crippen LogP contribution in [0.25, 0.3) is 0 Å². The predicted molar refractivity (Wildman–Crippen MR) is 75.9 cm³/mol. The molecule has 0 bridgehead atoms. The summed E-state index contributed by atoms with van der Waals surface area (Å²) in [5.74, 6) is 0. The van der Waals surface area contributed by atoms with E-state index in [1.807, 2.05) is 20.9 Å². The topological polar surface area (TPSA) is 55.9 Å². The summed E-state index contributed by atoms with van der Waals surface area (Å²) in [6.07, 6.45) is -4.46. The molecule has 0 fully saturated rings. The molecule has 0 amide bonds. The molecule has 0 spiro atoms. The van der Waals surface area contributed by atoms with E-state index in [9.17, 15) is 13.2 Å². The zero-order valence-corrected chi connectivity index (χ0v) is 12.0. The molecule has 4 nitrogen and oxygen atoms in total. The van der Waals surface area contributed by atoms with E-state index in [0.717, 1.165) is 23.0 Å². The monoisotopic (exact) mass is 298 g/mol. The molecule has 1 heterocycles. The van der Waals surface area contributed by atoms with Crippen molar-refractivity contribution < 1.29 is 13.2 Å². The lowest BCUT2D eigenvalue weighted by atomic mass is 10.1. The molecule has 0 unspecified atom stereocenters. The third kappa shape index (κ3) is 3.12. The summed E-state index contributed by atoms with van der Waals surface area (Å²) in [6, 6.07) is 3.82. The Bertz CT molecular complexity index is 659. The lowest BCUT2D eigenvalue weighted by Crippen LogP contribution is -2.10. The van der Waals surface area contributed by atoms with Gasteiger partial charge in [-0.25, -0.2) is 0 Å². The molecule has 0 radical (unpaired) electrons. The molecule has 0 aliphatic heterocycles. The first-order valence-electron chi connectivity index (χ1n) is 6.40. The summed E-state index contributed by atoms with van der Waals surface area (Å²) in [4.78, 5) is 0. The molecule has 7 heteroatoms. The van der Waals surface area contributed by atoms with Crippen LogP contribution in [0.3, 0.4) is 0 Å². The Morgan fingerprint density at radius 2 is 1.95 bits per heavy atom. The Morgan fingerprint density at radius 1 is 1.29 bits per heavy atom. The minimum Gasteiger partial charge on any atom is -0.398 e. The van der Waals surface area contributed by atoms with Crippen LogP contribution < -0.4 is 11.1 Å². The van der Waals surface area contributed by atoms with E-state index in [4.69, 9.17) is 5.73 Å². The van der Waals surface area contributed by atoms with Gasteiger partial charge in [-0.05, 0) is 32.0 Å². The van der Waals surface area contributed by atoms with Gasteiger partial charge in [0.1, 0.15) is 0 Å². The largest absolute Gasteiger partial charge is 0.418 e. The van der Waals surface area contributed by atoms with Crippen molar-refractivity contribution >= 4 is 11.4 Å². The van der Waals surface area contributed by atoms with Crippen LogP contribution in [-0.4, -0.2) is 9.78 Å². The number of nitrogen functional groups attached to an aromatic ring is 1. The van der Waals surface area contributed by atoms with E-state index in [2.05, 4.69) is 10.4 Å². The fourth-order valence-electron chi connectivity index (χ4n) is 2.18. The van der Waals surface area contributed by atoms with Crippen LogP contribution in [0.4, 0.5) is 24.5 Å². The van der Waals surface area contributed by atoms with E-state index in [1.165, 1.54) is 12.1 Å². The van der Waals surface area contributed by atoms with Gasteiger partial charge in [-0.3, -0.25) is 4.68 Å². The van der Waals surface area contributed by atoms with E-state index in [0.29, 0.717) is 12.2 Å². The Kier molecular flexibility index (Phi) is 3.85. The normalized spacial score (nSPS) is 11.7. The summed E-state index contributed by atoms with van der Waals surface area (Å²) in [5, 5.41) is 7.26. The van der Waals surface area contributed by atoms with Crippen molar-refractivity contribution in [1.29, 1.82) is 0 Å². The molecular formula is C14H17F3N4. The van der Waals surface area contributed by atoms with Crippen molar-refractivity contribution in [3.8, 4) is 0 Å². The highest BCUT2D eigenvalue weighted by molar-refractivity contribution is 5.58. The average Bonchev–Trinajstić information content (AvgIpc) is 2.61. The average molecular weight is 298 g/mol. The van der Waals surface area contributed by atoms with Crippen molar-refractivity contribution in [3.05, 3.63) is 40.7 Å². The molecule has 1 aromatic heterocycles. The smallest absolute Gasteiger partial charge is 0.398 e. The zero-order chi connectivity index (χ0) is 15.8. The first-order valence-corrected chi connectivity index (χ1v) is 6.40. The SMILES string of the molecule is Cc1nn(C)c(C)c1CNc1ccc(N)c(C(F)(F)F)c1. The molecule has 2 rings (SSSR count). The van der Waals surface area contributed by atoms with Crippen LogP contribution in [0, 0.1) is 13.8 Å². The number of benzene rings is 1. The van der Waals surface area contributed by atoms with E-state index in [-0.39, 0.29) is 5.69 Å². The van der Waals surface area contributed by atoms with E-state index >= 15 is 0 Å². The number of alkyl halides is 3. The summed E-state index contributed by atoms with van der Waals surface area (Å²) in [7, 11) is 1.83. The number of nitrogens with zero attached hydrogens (tertiary/aromatic N) is 2. The minimum absolute atomic E-state index is 0.276. The summed E-state index contributed by atoms with van der Waals surface area (Å²) >= 11 is 0. The molecule has 21 heavy (non-hydrogen) atoms. The van der Waals surface area contributed by atoms with Crippen LogP contribution >= 0.6 is 0 Å². The van der Waals surface area contributed by atoms with Crippen LogP contribution in [0.1, 0.15) is 22.5 Å². The number of halogens is 3. The highest BCUT2D eigenvalue weighted by atomic mass is 19.4. The van der Waals surface area contributed by atoms with Gasteiger partial charge in [-0.1, -0.05) is 0 Å². The molecule has 3 N–H and O–H groups in total. The zero-order valence-electron chi connectivity index (χ0n) is 12.0. The van der Waals surface area contributed by atoms with Crippen LogP contribution in [-0.2, 0) is 19.8 Å². The molecule has 1 aromatic carbocycles. The van der Waals surface area contributed by atoms with Gasteiger partial charge in [-0.2, -0.15) is 18.3 Å². The second kappa shape index (κ2) is 5.31. The second-order valence-corrected chi connectivity index (χ2v) is 4.93. The standard InChI is InChI=1S/C14H17F3N4/c1-8-11(9(2)21(3)20-8)7-19-10-4-5-13(18)12(6-10)14(15,16)17/h4-6,19H,7,18H2,1-3H3. The van der Waals surface area contributed by atoms with E-state index < -0.39 is 11.7 Å². The maximum absolute atomic E-state index is 12.8. The summed E-state index contributed by atoms with van der Waals surface area (Å²) in [6.45, 7) is 4.20. The fourth-order valence-corrected chi connectivity index (χ4v) is 2.18. The van der Waals surface area contributed by atoms with Gasteiger partial charge in [-0.15, -0.1) is 0 Å². The Morgan fingerprint density at radius 3 is 2.48 bits per heavy atom. The number of aromatic nitrogens is 2. The molecule has 0 aliphatic carbocycles. The molecule has 0 saturated heterocycles. The lowest BCUT2D eigenvalue weighted by molar-refractivity contribution is -0.136. The number of aryl methyl sites for hydroxylation is 2. The molecular weight excluding hydrogens is 281 g/mol. The van der Waals surface area contributed by atoms with Crippen molar-refractivity contribution in [2.45, 2.75) is 26.6 Å². The Balaban J connectivity index is 2.21. The third-order valence-corrected chi connectivity index (χ3v) is 3.49. The number of hydrogen-bond donors (Lipinski definition) is 2. The summed E-state index contributed by atoms with van der Waals surface area (Å²) in [5.41, 5.74) is 7.45. The van der Waals surface area contributed by atoms with Crippen LogP contribution in [0.15, 0.2) is 18.2 Å².